The Morgan fingerprint density at radius 2 is 1.47 bits per heavy atom. The number of carbonyl (C=O) groups is 7. The highest BCUT2D eigenvalue weighted by molar-refractivity contribution is 9.10. The second kappa shape index (κ2) is 32.3. The lowest BCUT2D eigenvalue weighted by molar-refractivity contribution is -0.141. The highest BCUT2D eigenvalue weighted by atomic mass is 79.9. The molecule has 2 aliphatic rings. The molecule has 0 aliphatic carbocycles. The summed E-state index contributed by atoms with van der Waals surface area (Å²) in [5.74, 6) is -3.34. The number of unbranched alkanes of at least 4 members (excludes halogenated alkanes) is 7. The molecule has 508 valence electrons. The van der Waals surface area contributed by atoms with Crippen molar-refractivity contribution in [3.05, 3.63) is 122 Å². The molecule has 5 heterocycles. The number of nitrogens with one attached hydrogen (secondary N) is 4. The molecule has 3 aromatic heterocycles. The van der Waals surface area contributed by atoms with Gasteiger partial charge in [0.25, 0.3) is 5.91 Å². The fourth-order valence-corrected chi connectivity index (χ4v) is 14.5. The molecule has 2 fully saturated rings. The van der Waals surface area contributed by atoms with Crippen LogP contribution in [0.1, 0.15) is 168 Å². The summed E-state index contributed by atoms with van der Waals surface area (Å²) in [7, 11) is -5.84. The van der Waals surface area contributed by atoms with Gasteiger partial charge in [0.2, 0.25) is 35.4 Å². The predicted octanol–water partition coefficient (Wildman–Crippen LogP) is 11.2. The summed E-state index contributed by atoms with van der Waals surface area (Å²) in [6, 6.07) is 17.1. The standard InChI is InChI=1S/C67H85BrF2N9O12PS2/c1-40(2)58(53-33-41(3)76-91-53)64(86)79-38-49(80)36-52(79)61(83)74-50(43-18-20-44(21-19-43)59-42(4)73-39-93-59)37-57(82)72-30-15-13-11-9-8-10-12-14-29-71-56(81)28-32-77(48-25-23-47(68)24-26-48)63(85)51-17-16-31-78(51)65(87)60(66(5,6)7)75-62(84)55-35-45-34-46(22-27-54(45)94-55)67(69,70)92(88,89)90/h18-27,33-35,39-40,49-52,58,60,80H,8-17,28-32,36-38H2,1-7H3,(H,71,81)(H,72,82)(H,74,83)(H,75,84)(H2,88,89,90)/t49-,50+,51+,52+,58-,60-/m1/s1. The Kier molecular flexibility index (Phi) is 25.1. The van der Waals surface area contributed by atoms with Crippen LogP contribution in [0.5, 0.6) is 0 Å². The van der Waals surface area contributed by atoms with Crippen molar-refractivity contribution in [2.24, 2.45) is 11.3 Å². The predicted molar refractivity (Wildman–Crippen MR) is 360 cm³/mol. The van der Waals surface area contributed by atoms with Crippen LogP contribution in [0.25, 0.3) is 20.5 Å². The maximum absolute atomic E-state index is 14.6. The van der Waals surface area contributed by atoms with Crippen LogP contribution in [0, 0.1) is 25.2 Å². The van der Waals surface area contributed by atoms with Crippen molar-refractivity contribution in [2.75, 3.05) is 37.6 Å². The third-order valence-corrected chi connectivity index (χ3v) is 20.8. The van der Waals surface area contributed by atoms with E-state index in [1.165, 1.54) is 38.2 Å². The number of anilines is 1. The van der Waals surface area contributed by atoms with E-state index < -0.39 is 78.1 Å². The van der Waals surface area contributed by atoms with Crippen molar-refractivity contribution < 1.29 is 66.3 Å². The monoisotopic (exact) mass is 1420 g/mol. The van der Waals surface area contributed by atoms with Gasteiger partial charge in [0, 0.05) is 72.1 Å². The van der Waals surface area contributed by atoms with Gasteiger partial charge in [0.05, 0.1) is 45.2 Å². The number of likely N-dealkylation sites (tertiary alicyclic amines) is 2. The van der Waals surface area contributed by atoms with E-state index in [4.69, 9.17) is 4.52 Å². The molecule has 0 unspecified atom stereocenters. The number of rotatable bonds is 30. The summed E-state index contributed by atoms with van der Waals surface area (Å²) in [6.07, 6.45) is 7.19. The number of aryl methyl sites for hydroxylation is 2. The molecule has 6 aromatic rings. The highest BCUT2D eigenvalue weighted by Crippen LogP contribution is 2.59. The summed E-state index contributed by atoms with van der Waals surface area (Å²) in [4.78, 5) is 127. The summed E-state index contributed by atoms with van der Waals surface area (Å²) in [5.41, 5.74) is -0.702. The van der Waals surface area contributed by atoms with Crippen LogP contribution >= 0.6 is 46.2 Å². The molecule has 2 saturated heterocycles. The van der Waals surface area contributed by atoms with Crippen molar-refractivity contribution in [2.45, 2.75) is 174 Å². The number of thiazole rings is 1. The minimum Gasteiger partial charge on any atom is -0.391 e. The minimum absolute atomic E-state index is 0.00378. The average molecular weight is 1420 g/mol. The minimum atomic E-state index is -5.84. The molecule has 27 heteroatoms. The van der Waals surface area contributed by atoms with E-state index in [2.05, 4.69) is 47.3 Å². The Bertz CT molecular complexity index is 3690. The number of aliphatic hydroxyl groups is 1. The zero-order chi connectivity index (χ0) is 68.2. The normalized spacial score (nSPS) is 17.1. The van der Waals surface area contributed by atoms with Gasteiger partial charge in [-0.25, -0.2) is 4.98 Å². The number of alkyl halides is 2. The first-order chi connectivity index (χ1) is 44.5. The molecule has 8 rings (SSSR count). The molecule has 0 spiro atoms. The maximum atomic E-state index is 14.6. The number of aliphatic hydroxyl groups excluding tert-OH is 1. The van der Waals surface area contributed by atoms with E-state index in [1.54, 1.807) is 63.5 Å². The number of benzene rings is 3. The molecule has 0 saturated carbocycles. The van der Waals surface area contributed by atoms with Gasteiger partial charge in [-0.05, 0) is 110 Å². The van der Waals surface area contributed by atoms with Crippen LogP contribution < -0.4 is 26.2 Å². The molecule has 7 amide bonds. The summed E-state index contributed by atoms with van der Waals surface area (Å²) in [5, 5.41) is 26.9. The van der Waals surface area contributed by atoms with Crippen LogP contribution in [0.15, 0.2) is 93.4 Å². The van der Waals surface area contributed by atoms with Crippen LogP contribution in [0.3, 0.4) is 0 Å². The molecular formula is C67H85BrF2N9O12PS2. The Morgan fingerprint density at radius 3 is 2.06 bits per heavy atom. The average Bonchev–Trinajstić information content (AvgIpc) is 1.50. The zero-order valence-corrected chi connectivity index (χ0v) is 58.1. The van der Waals surface area contributed by atoms with Crippen molar-refractivity contribution in [1.29, 1.82) is 0 Å². The molecule has 3 aromatic carbocycles. The fraction of sp³-hybridized carbons (Fsp3) is 0.507. The Balaban J connectivity index is 0.762. The molecule has 2 aliphatic heterocycles. The van der Waals surface area contributed by atoms with Gasteiger partial charge in [-0.15, -0.1) is 22.7 Å². The quantitative estimate of drug-likeness (QED) is 0.0163. The third kappa shape index (κ3) is 18.6. The van der Waals surface area contributed by atoms with E-state index in [0.29, 0.717) is 53.3 Å². The number of hydrogen-bond donors (Lipinski definition) is 7. The van der Waals surface area contributed by atoms with Gasteiger partial charge in [-0.1, -0.05) is 125 Å². The molecule has 7 N–H and O–H groups in total. The molecule has 94 heavy (non-hydrogen) atoms. The van der Waals surface area contributed by atoms with Gasteiger partial charge < -0.3 is 55.4 Å². The third-order valence-electron chi connectivity index (χ3n) is 17.2. The van der Waals surface area contributed by atoms with Crippen LogP contribution in [-0.4, -0.2) is 133 Å². The Labute approximate surface area is 562 Å². The van der Waals surface area contributed by atoms with Gasteiger partial charge in [0.1, 0.15) is 29.8 Å². The Hall–Kier alpha value is -6.80. The number of hydrogen-bond acceptors (Lipinski definition) is 14. The largest absolute Gasteiger partial charge is 0.399 e. The number of nitrogens with zero attached hydrogens (tertiary/aromatic N) is 5. The summed E-state index contributed by atoms with van der Waals surface area (Å²) >= 11 is 5.94. The number of aromatic nitrogens is 2. The van der Waals surface area contributed by atoms with Crippen LogP contribution in [0.4, 0.5) is 14.5 Å². The lowest BCUT2D eigenvalue weighted by Gasteiger charge is -2.36. The first-order valence-electron chi connectivity index (χ1n) is 31.9. The molecule has 0 radical (unpaired) electrons. The van der Waals surface area contributed by atoms with Gasteiger partial charge in [-0.3, -0.25) is 38.1 Å². The first kappa shape index (κ1) is 73.0. The van der Waals surface area contributed by atoms with E-state index in [-0.39, 0.29) is 78.7 Å². The van der Waals surface area contributed by atoms with E-state index in [9.17, 15) is 61.8 Å². The lowest BCUT2D eigenvalue weighted by atomic mass is 9.85. The maximum Gasteiger partial charge on any atom is 0.399 e. The van der Waals surface area contributed by atoms with Gasteiger partial charge in [-0.2, -0.15) is 8.78 Å². The Morgan fingerprint density at radius 1 is 0.819 bits per heavy atom. The number of thiophene rings is 1. The number of carbonyl (C=O) groups excluding carboxylic acids is 7. The van der Waals surface area contributed by atoms with Crippen molar-refractivity contribution in [1.82, 2.24) is 41.2 Å². The van der Waals surface area contributed by atoms with E-state index >= 15 is 0 Å². The topological polar surface area (TPSA) is 294 Å². The molecule has 0 bridgehead atoms. The second-order valence-corrected chi connectivity index (χ2v) is 30.3. The zero-order valence-electron chi connectivity index (χ0n) is 54.0. The summed E-state index contributed by atoms with van der Waals surface area (Å²) in [6.45, 7) is 13.9. The molecule has 21 nitrogen and oxygen atoms in total. The van der Waals surface area contributed by atoms with Crippen molar-refractivity contribution in [3.63, 3.8) is 0 Å². The van der Waals surface area contributed by atoms with Gasteiger partial charge in [0.15, 0.2) is 0 Å². The van der Waals surface area contributed by atoms with E-state index in [1.807, 2.05) is 45.0 Å². The van der Waals surface area contributed by atoms with Crippen LogP contribution in [0.2, 0.25) is 0 Å². The van der Waals surface area contributed by atoms with Crippen LogP contribution in [-0.2, 0) is 39.0 Å². The lowest BCUT2D eigenvalue weighted by Crippen LogP contribution is -2.58. The molecule has 6 atom stereocenters. The van der Waals surface area contributed by atoms with Crippen molar-refractivity contribution in [3.8, 4) is 10.4 Å². The number of amides is 7. The molecular weight excluding hydrogens is 1340 g/mol. The number of β-amino-alcohol motifs (C(OH)–C–C–N with tert-alkyl or cyclic N) is 1. The van der Waals surface area contributed by atoms with E-state index in [0.717, 1.165) is 95.4 Å². The van der Waals surface area contributed by atoms with Crippen molar-refractivity contribution >= 4 is 103 Å². The number of halogens is 3. The fourth-order valence-electron chi connectivity index (χ4n) is 12.0. The second-order valence-electron chi connectivity index (χ2n) is 25.8. The first-order valence-corrected chi connectivity index (χ1v) is 36.0. The van der Waals surface area contributed by atoms with Gasteiger partial charge >= 0.3 is 13.3 Å². The highest BCUT2D eigenvalue weighted by Gasteiger charge is 2.51. The summed E-state index contributed by atoms with van der Waals surface area (Å²) < 4.78 is 47.4. The number of fused-ring (bicyclic) bond motifs is 1. The smallest absolute Gasteiger partial charge is 0.391 e. The SMILES string of the molecule is Cc1cc([C@H](C(=O)N2C[C@H](O)C[C@H]2C(=O)N[C@@H](CC(=O)NCCCCCCCCCCNC(=O)CCN(C(=O)[C@@H]2CCCN2C(=O)[C@@H](NC(=O)c2cc3cc(C(F)(F)P(=O)(O)O)ccc3s2)C(C)(C)C)c2ccc(Br)cc2)c2ccc(-c3scnc3C)cc2)C(C)C)on1.